The number of aromatic nitrogens is 4. The number of nitrogens with one attached hydrogen (secondary N) is 1. The zero-order valence-corrected chi connectivity index (χ0v) is 7.62. The Kier molecular flexibility index (Phi) is 2.22. The van der Waals surface area contributed by atoms with E-state index in [2.05, 4.69) is 15.5 Å². The lowest BCUT2D eigenvalue weighted by Gasteiger charge is -1.96. The van der Waals surface area contributed by atoms with Crippen LogP contribution in [0, 0.1) is 4.77 Å². The molecule has 13 heavy (non-hydrogen) atoms. The molecule has 0 amide bonds. The topological polar surface area (TPSA) is 59.6 Å². The van der Waals surface area contributed by atoms with E-state index < -0.39 is 0 Å². The smallest absolute Gasteiger partial charge is 0.238 e. The summed E-state index contributed by atoms with van der Waals surface area (Å²) in [6.07, 6.45) is 2.44. The van der Waals surface area contributed by atoms with Gasteiger partial charge in [0.15, 0.2) is 0 Å². The minimum Gasteiger partial charge on any atom is -0.469 e. The van der Waals surface area contributed by atoms with Gasteiger partial charge < -0.3 is 4.42 Å². The summed E-state index contributed by atoms with van der Waals surface area (Å²) >= 11 is 4.91. The molecule has 6 heteroatoms. The van der Waals surface area contributed by atoms with Crippen molar-refractivity contribution >= 4 is 12.2 Å². The van der Waals surface area contributed by atoms with Gasteiger partial charge in [0.25, 0.3) is 0 Å². The minimum absolute atomic E-state index is 0.464. The molecular formula is C7H8N4OS. The molecule has 0 unspecified atom stereocenters. The number of H-pyrrole nitrogens is 1. The number of rotatable bonds is 3. The van der Waals surface area contributed by atoms with Crippen molar-refractivity contribution in [3.63, 3.8) is 0 Å². The maximum absolute atomic E-state index is 5.17. The number of aryl methyl sites for hydroxylation is 2. The lowest BCUT2D eigenvalue weighted by Crippen LogP contribution is -2.02. The Morgan fingerprint density at radius 2 is 2.54 bits per heavy atom. The Bertz CT molecular complexity index is 416. The molecule has 2 heterocycles. The second kappa shape index (κ2) is 3.53. The van der Waals surface area contributed by atoms with E-state index in [4.69, 9.17) is 16.6 Å². The first-order chi connectivity index (χ1) is 6.36. The molecule has 0 aromatic carbocycles. The summed E-state index contributed by atoms with van der Waals surface area (Å²) in [6, 6.07) is 3.78. The van der Waals surface area contributed by atoms with Crippen LogP contribution >= 0.6 is 12.2 Å². The van der Waals surface area contributed by atoms with Crippen LogP contribution in [0.4, 0.5) is 0 Å². The second-order valence-corrected chi connectivity index (χ2v) is 2.93. The number of hydrogen-bond donors (Lipinski definition) is 1. The van der Waals surface area contributed by atoms with Crippen molar-refractivity contribution in [1.29, 1.82) is 0 Å². The summed E-state index contributed by atoms with van der Waals surface area (Å²) < 4.78 is 7.33. The molecule has 0 bridgehead atoms. The van der Waals surface area contributed by atoms with E-state index in [9.17, 15) is 0 Å². The van der Waals surface area contributed by atoms with E-state index in [-0.39, 0.29) is 0 Å². The van der Waals surface area contributed by atoms with Gasteiger partial charge in [-0.1, -0.05) is 10.3 Å². The van der Waals surface area contributed by atoms with Gasteiger partial charge in [-0.25, -0.2) is 4.68 Å². The molecule has 1 N–H and O–H groups in total. The van der Waals surface area contributed by atoms with Crippen LogP contribution in [0.2, 0.25) is 0 Å². The second-order valence-electron chi connectivity index (χ2n) is 2.56. The van der Waals surface area contributed by atoms with E-state index in [1.54, 1.807) is 10.9 Å². The number of hydrogen-bond acceptors (Lipinski definition) is 4. The molecule has 68 valence electrons. The van der Waals surface area contributed by atoms with E-state index in [0.717, 1.165) is 12.2 Å². The van der Waals surface area contributed by atoms with Crippen molar-refractivity contribution < 1.29 is 4.42 Å². The number of furan rings is 1. The molecule has 0 saturated heterocycles. The van der Waals surface area contributed by atoms with Gasteiger partial charge in [0, 0.05) is 6.42 Å². The maximum Gasteiger partial charge on any atom is 0.238 e. The highest BCUT2D eigenvalue weighted by atomic mass is 32.1. The summed E-state index contributed by atoms with van der Waals surface area (Å²) in [4.78, 5) is 0. The average Bonchev–Trinajstić information content (AvgIpc) is 2.72. The first-order valence-corrected chi connectivity index (χ1v) is 4.27. The first kappa shape index (κ1) is 8.18. The number of aromatic amines is 1. The van der Waals surface area contributed by atoms with Crippen LogP contribution in [-0.2, 0) is 13.0 Å². The van der Waals surface area contributed by atoms with Gasteiger partial charge in [-0.05, 0) is 24.4 Å². The number of tetrazole rings is 1. The fourth-order valence-corrected chi connectivity index (χ4v) is 1.21. The molecule has 0 radical (unpaired) electrons. The normalized spacial score (nSPS) is 10.5. The van der Waals surface area contributed by atoms with Crippen LogP contribution < -0.4 is 0 Å². The predicted octanol–water partition coefficient (Wildman–Crippen LogP) is 1.17. The third-order valence-corrected chi connectivity index (χ3v) is 2.00. The summed E-state index contributed by atoms with van der Waals surface area (Å²) in [5.74, 6) is 0.927. The monoisotopic (exact) mass is 196 g/mol. The quantitative estimate of drug-likeness (QED) is 0.748. The average molecular weight is 196 g/mol. The Labute approximate surface area is 79.4 Å². The fraction of sp³-hybridized carbons (Fsp3) is 0.286. The molecule has 0 fully saturated rings. The Hall–Kier alpha value is -1.43. The van der Waals surface area contributed by atoms with Gasteiger partial charge >= 0.3 is 0 Å². The first-order valence-electron chi connectivity index (χ1n) is 3.86. The fourth-order valence-electron chi connectivity index (χ4n) is 1.04. The van der Waals surface area contributed by atoms with Crippen molar-refractivity contribution in [2.45, 2.75) is 13.0 Å². The minimum atomic E-state index is 0.464. The zero-order chi connectivity index (χ0) is 9.10. The lowest BCUT2D eigenvalue weighted by atomic mass is 10.3. The maximum atomic E-state index is 5.17. The molecule has 0 saturated carbocycles. The molecular weight excluding hydrogens is 188 g/mol. The molecule has 0 spiro atoms. The van der Waals surface area contributed by atoms with Crippen molar-refractivity contribution in [3.05, 3.63) is 28.9 Å². The molecule has 2 aromatic rings. The molecule has 5 nitrogen and oxygen atoms in total. The third-order valence-electron chi connectivity index (χ3n) is 1.69. The Morgan fingerprint density at radius 1 is 1.62 bits per heavy atom. The van der Waals surface area contributed by atoms with Gasteiger partial charge in [0.2, 0.25) is 4.77 Å². The lowest BCUT2D eigenvalue weighted by molar-refractivity contribution is 0.475. The highest BCUT2D eigenvalue weighted by Crippen LogP contribution is 2.01. The molecule has 0 aliphatic rings. The van der Waals surface area contributed by atoms with Gasteiger partial charge in [-0.15, -0.1) is 0 Å². The number of nitrogens with zero attached hydrogens (tertiary/aromatic N) is 3. The molecule has 2 aromatic heterocycles. The van der Waals surface area contributed by atoms with E-state index in [0.29, 0.717) is 11.3 Å². The highest BCUT2D eigenvalue weighted by molar-refractivity contribution is 7.71. The van der Waals surface area contributed by atoms with Crippen molar-refractivity contribution in [2.75, 3.05) is 0 Å². The van der Waals surface area contributed by atoms with Crippen molar-refractivity contribution in [2.24, 2.45) is 0 Å². The van der Waals surface area contributed by atoms with Crippen LogP contribution in [0.25, 0.3) is 0 Å². The van der Waals surface area contributed by atoms with Crippen molar-refractivity contribution in [1.82, 2.24) is 20.2 Å². The van der Waals surface area contributed by atoms with E-state index in [1.807, 2.05) is 12.1 Å². The molecule has 0 aliphatic carbocycles. The molecule has 2 rings (SSSR count). The van der Waals surface area contributed by atoms with Crippen LogP contribution in [0.3, 0.4) is 0 Å². The van der Waals surface area contributed by atoms with Gasteiger partial charge in [0.1, 0.15) is 5.76 Å². The van der Waals surface area contributed by atoms with Crippen LogP contribution in [0.5, 0.6) is 0 Å². The van der Waals surface area contributed by atoms with Crippen LogP contribution in [-0.4, -0.2) is 20.2 Å². The Balaban J connectivity index is 2.01. The van der Waals surface area contributed by atoms with Crippen LogP contribution in [0.1, 0.15) is 5.76 Å². The standard InChI is InChI=1S/C7H8N4OS/c13-7-8-9-10-11(7)4-3-6-2-1-5-12-6/h1-2,5H,3-4H2,(H,8,10,13). The van der Waals surface area contributed by atoms with Gasteiger partial charge in [-0.2, -0.15) is 5.21 Å². The summed E-state index contributed by atoms with van der Waals surface area (Å²) in [7, 11) is 0. The predicted molar refractivity (Wildman–Crippen MR) is 47.6 cm³/mol. The highest BCUT2D eigenvalue weighted by Gasteiger charge is 1.98. The third kappa shape index (κ3) is 1.83. The van der Waals surface area contributed by atoms with Crippen LogP contribution in [0.15, 0.2) is 22.8 Å². The molecule has 0 aliphatic heterocycles. The summed E-state index contributed by atoms with van der Waals surface area (Å²) in [5.41, 5.74) is 0. The van der Waals surface area contributed by atoms with Gasteiger partial charge in [0.05, 0.1) is 12.8 Å². The summed E-state index contributed by atoms with van der Waals surface area (Å²) in [5, 5.41) is 9.91. The zero-order valence-electron chi connectivity index (χ0n) is 6.80. The summed E-state index contributed by atoms with van der Waals surface area (Å²) in [6.45, 7) is 0.708. The largest absolute Gasteiger partial charge is 0.469 e. The van der Waals surface area contributed by atoms with Crippen molar-refractivity contribution in [3.8, 4) is 0 Å². The SMILES string of the molecule is S=c1nn[nH]n1CCc1ccco1. The van der Waals surface area contributed by atoms with E-state index >= 15 is 0 Å². The van der Waals surface area contributed by atoms with Gasteiger partial charge in [-0.3, -0.25) is 0 Å². The Morgan fingerprint density at radius 3 is 3.15 bits per heavy atom. The molecule has 0 atom stereocenters. The van der Waals surface area contributed by atoms with E-state index in [1.165, 1.54) is 0 Å².